The molecule has 13 heavy (non-hydrogen) atoms. The zero-order valence-corrected chi connectivity index (χ0v) is 7.16. The molecule has 1 fully saturated rings. The highest BCUT2D eigenvalue weighted by Crippen LogP contribution is 2.27. The second-order valence-electron chi connectivity index (χ2n) is 3.23. The molecule has 0 radical (unpaired) electrons. The zero-order valence-electron chi connectivity index (χ0n) is 7.16. The Kier molecular flexibility index (Phi) is 2.91. The van der Waals surface area contributed by atoms with Gasteiger partial charge in [0.2, 0.25) is 5.79 Å². The molecule has 1 aliphatic heterocycles. The molecule has 6 nitrogen and oxygen atoms in total. The van der Waals surface area contributed by atoms with Crippen LogP contribution in [0.4, 0.5) is 0 Å². The molecule has 0 saturated carbocycles. The van der Waals surface area contributed by atoms with Gasteiger partial charge in [0.25, 0.3) is 0 Å². The Morgan fingerprint density at radius 1 is 1.31 bits per heavy atom. The number of aliphatic hydroxyl groups is 5. The minimum atomic E-state index is -2.61. The van der Waals surface area contributed by atoms with E-state index in [9.17, 15) is 20.4 Å². The lowest BCUT2D eigenvalue weighted by atomic mass is 9.92. The number of aliphatic hydroxyl groups excluding tert-OH is 3. The van der Waals surface area contributed by atoms with E-state index in [0.717, 1.165) is 0 Å². The maximum absolute atomic E-state index is 9.25. The lowest BCUT2D eigenvalue weighted by Gasteiger charge is -2.43. The first-order valence-electron chi connectivity index (χ1n) is 3.98. The molecule has 6 heteroatoms. The van der Waals surface area contributed by atoms with Gasteiger partial charge < -0.3 is 30.3 Å². The molecule has 0 aliphatic carbocycles. The van der Waals surface area contributed by atoms with Crippen LogP contribution in [0.15, 0.2) is 0 Å². The SMILES string of the molecule is CC1OC(CO)C(O)(O)C(O)C1O. The van der Waals surface area contributed by atoms with Crippen molar-refractivity contribution in [2.45, 2.75) is 37.1 Å². The van der Waals surface area contributed by atoms with Crippen molar-refractivity contribution in [3.05, 3.63) is 0 Å². The number of hydrogen-bond acceptors (Lipinski definition) is 6. The van der Waals surface area contributed by atoms with Gasteiger partial charge >= 0.3 is 0 Å². The van der Waals surface area contributed by atoms with Crippen LogP contribution in [0.25, 0.3) is 0 Å². The van der Waals surface area contributed by atoms with Crippen molar-refractivity contribution in [2.24, 2.45) is 0 Å². The molecule has 78 valence electrons. The highest BCUT2D eigenvalue weighted by atomic mass is 16.6. The number of ether oxygens (including phenoxy) is 1. The Bertz CT molecular complexity index is 178. The Hall–Kier alpha value is -0.240. The fourth-order valence-electron chi connectivity index (χ4n) is 1.32. The molecule has 1 aliphatic rings. The summed E-state index contributed by atoms with van der Waals surface area (Å²) < 4.78 is 4.87. The smallest absolute Gasteiger partial charge is 0.221 e. The second kappa shape index (κ2) is 3.49. The Morgan fingerprint density at radius 3 is 2.31 bits per heavy atom. The van der Waals surface area contributed by atoms with Gasteiger partial charge in [-0.05, 0) is 6.92 Å². The normalized spacial score (nSPS) is 44.8. The molecule has 1 rings (SSSR count). The van der Waals surface area contributed by atoms with Crippen LogP contribution in [0.1, 0.15) is 6.92 Å². The standard InChI is InChI=1S/C7H14O6/c1-3-5(9)6(10)7(11,12)4(2-8)13-3/h3-6,8-12H,2H2,1H3. The molecular weight excluding hydrogens is 180 g/mol. The average molecular weight is 194 g/mol. The first kappa shape index (κ1) is 10.8. The van der Waals surface area contributed by atoms with Crippen LogP contribution in [0.3, 0.4) is 0 Å². The van der Waals surface area contributed by atoms with Crippen molar-refractivity contribution >= 4 is 0 Å². The maximum atomic E-state index is 9.25. The van der Waals surface area contributed by atoms with Gasteiger partial charge in [-0.15, -0.1) is 0 Å². The van der Waals surface area contributed by atoms with Crippen molar-refractivity contribution in [1.82, 2.24) is 0 Å². The van der Waals surface area contributed by atoms with Gasteiger partial charge in [0.15, 0.2) is 0 Å². The van der Waals surface area contributed by atoms with Gasteiger partial charge in [-0.3, -0.25) is 0 Å². The summed E-state index contributed by atoms with van der Waals surface area (Å²) in [5, 5.41) is 45.7. The molecule has 0 bridgehead atoms. The molecule has 4 unspecified atom stereocenters. The third-order valence-corrected chi connectivity index (χ3v) is 2.26. The Labute approximate surface area is 75.0 Å². The van der Waals surface area contributed by atoms with Crippen molar-refractivity contribution in [3.8, 4) is 0 Å². The van der Waals surface area contributed by atoms with Crippen molar-refractivity contribution in [2.75, 3.05) is 6.61 Å². The van der Waals surface area contributed by atoms with E-state index in [1.54, 1.807) is 0 Å². The van der Waals surface area contributed by atoms with E-state index in [-0.39, 0.29) is 0 Å². The number of rotatable bonds is 1. The minimum absolute atomic E-state index is 0.638. The number of hydrogen-bond donors (Lipinski definition) is 5. The molecule has 0 aromatic carbocycles. The van der Waals surface area contributed by atoms with Gasteiger partial charge in [0.1, 0.15) is 18.3 Å². The van der Waals surface area contributed by atoms with Crippen molar-refractivity contribution in [3.63, 3.8) is 0 Å². The monoisotopic (exact) mass is 194 g/mol. The fraction of sp³-hybridized carbons (Fsp3) is 1.00. The molecule has 5 N–H and O–H groups in total. The van der Waals surface area contributed by atoms with Gasteiger partial charge in [-0.1, -0.05) is 0 Å². The molecule has 0 spiro atoms. The van der Waals surface area contributed by atoms with E-state index in [1.165, 1.54) is 6.92 Å². The summed E-state index contributed by atoms with van der Waals surface area (Å²) >= 11 is 0. The third-order valence-electron chi connectivity index (χ3n) is 2.26. The van der Waals surface area contributed by atoms with Crippen LogP contribution in [0, 0.1) is 0 Å². The first-order valence-corrected chi connectivity index (χ1v) is 3.98. The molecular formula is C7H14O6. The molecule has 0 amide bonds. The van der Waals surface area contributed by atoms with Crippen LogP contribution < -0.4 is 0 Å². The summed E-state index contributed by atoms with van der Waals surface area (Å²) in [6.07, 6.45) is -5.17. The first-order chi connectivity index (χ1) is 5.91. The maximum Gasteiger partial charge on any atom is 0.221 e. The highest BCUT2D eigenvalue weighted by molar-refractivity contribution is 4.95. The van der Waals surface area contributed by atoms with Crippen LogP contribution in [-0.2, 0) is 4.74 Å². The average Bonchev–Trinajstić information content (AvgIpc) is 2.08. The van der Waals surface area contributed by atoms with Gasteiger partial charge in [-0.25, -0.2) is 0 Å². The summed E-state index contributed by atoms with van der Waals surface area (Å²) in [5.41, 5.74) is 0. The molecule has 1 saturated heterocycles. The Balaban J connectivity index is 2.82. The van der Waals surface area contributed by atoms with E-state index in [2.05, 4.69) is 0 Å². The predicted molar refractivity (Wildman–Crippen MR) is 40.6 cm³/mol. The summed E-state index contributed by atoms with van der Waals surface area (Å²) in [6, 6.07) is 0. The van der Waals surface area contributed by atoms with E-state index in [1.807, 2.05) is 0 Å². The van der Waals surface area contributed by atoms with E-state index >= 15 is 0 Å². The van der Waals surface area contributed by atoms with Gasteiger partial charge in [-0.2, -0.15) is 0 Å². The molecule has 1 heterocycles. The van der Waals surface area contributed by atoms with Crippen molar-refractivity contribution in [1.29, 1.82) is 0 Å². The Morgan fingerprint density at radius 2 is 1.85 bits per heavy atom. The molecule has 0 aromatic rings. The lowest BCUT2D eigenvalue weighted by molar-refractivity contribution is -0.350. The third kappa shape index (κ3) is 1.69. The largest absolute Gasteiger partial charge is 0.393 e. The van der Waals surface area contributed by atoms with Gasteiger partial charge in [0.05, 0.1) is 12.7 Å². The van der Waals surface area contributed by atoms with Crippen LogP contribution in [-0.4, -0.2) is 62.3 Å². The summed E-state index contributed by atoms with van der Waals surface area (Å²) in [4.78, 5) is 0. The lowest BCUT2D eigenvalue weighted by Crippen LogP contribution is -2.66. The van der Waals surface area contributed by atoms with Crippen molar-refractivity contribution < 1.29 is 30.3 Å². The quantitative estimate of drug-likeness (QED) is 0.288. The zero-order chi connectivity index (χ0) is 10.2. The molecule has 0 aromatic heterocycles. The van der Waals surface area contributed by atoms with Gasteiger partial charge in [0, 0.05) is 0 Å². The van der Waals surface area contributed by atoms with Crippen LogP contribution >= 0.6 is 0 Å². The highest BCUT2D eigenvalue weighted by Gasteiger charge is 2.52. The van der Waals surface area contributed by atoms with E-state index in [0.29, 0.717) is 0 Å². The predicted octanol–water partition coefficient (Wildman–Crippen LogP) is -2.83. The topological polar surface area (TPSA) is 110 Å². The second-order valence-corrected chi connectivity index (χ2v) is 3.23. The summed E-state index contributed by atoms with van der Waals surface area (Å²) in [5.74, 6) is -2.61. The summed E-state index contributed by atoms with van der Waals surface area (Å²) in [6.45, 7) is 0.826. The molecule has 4 atom stereocenters. The summed E-state index contributed by atoms with van der Waals surface area (Å²) in [7, 11) is 0. The van der Waals surface area contributed by atoms with E-state index in [4.69, 9.17) is 9.84 Å². The minimum Gasteiger partial charge on any atom is -0.393 e. The van der Waals surface area contributed by atoms with Crippen LogP contribution in [0.5, 0.6) is 0 Å². The fourth-order valence-corrected chi connectivity index (χ4v) is 1.32. The van der Waals surface area contributed by atoms with Crippen LogP contribution in [0.2, 0.25) is 0 Å². The van der Waals surface area contributed by atoms with E-state index < -0.39 is 36.8 Å².